The van der Waals surface area contributed by atoms with Gasteiger partial charge in [-0.3, -0.25) is 0 Å². The number of hydrogen-bond donors (Lipinski definition) is 2. The van der Waals surface area contributed by atoms with Gasteiger partial charge in [-0.1, -0.05) is 0 Å². The molecule has 3 heteroatoms. The highest BCUT2D eigenvalue weighted by atomic mass is 32.1. The maximum absolute atomic E-state index is 9.36. The van der Waals surface area contributed by atoms with Crippen molar-refractivity contribution in [2.45, 2.75) is 45.9 Å². The Kier molecular flexibility index (Phi) is 4.11. The van der Waals surface area contributed by atoms with Gasteiger partial charge in [-0.2, -0.15) is 0 Å². The van der Waals surface area contributed by atoms with Crippen LogP contribution in [0.25, 0.3) is 0 Å². The fourth-order valence-electron chi connectivity index (χ4n) is 1.30. The van der Waals surface area contributed by atoms with Crippen LogP contribution in [-0.2, 0) is 0 Å². The number of nitrogens with one attached hydrogen (secondary N) is 1. The minimum Gasteiger partial charge on any atom is -0.392 e. The van der Waals surface area contributed by atoms with Crippen LogP contribution in [0.5, 0.6) is 0 Å². The summed E-state index contributed by atoms with van der Waals surface area (Å²) in [6.07, 6.45) is -0.307. The smallest absolute Gasteiger partial charge is 0.0662 e. The first-order valence-corrected chi connectivity index (χ1v) is 5.83. The van der Waals surface area contributed by atoms with E-state index in [1.54, 1.807) is 11.3 Å². The van der Waals surface area contributed by atoms with E-state index in [9.17, 15) is 5.11 Å². The predicted octanol–water partition coefficient (Wildman–Crippen LogP) is 2.48. The lowest BCUT2D eigenvalue weighted by molar-refractivity contribution is 0.147. The van der Waals surface area contributed by atoms with Gasteiger partial charge in [0.1, 0.15) is 0 Å². The molecule has 0 amide bonds. The highest BCUT2D eigenvalue weighted by molar-refractivity contribution is 7.12. The Labute approximate surface area is 90.0 Å². The van der Waals surface area contributed by atoms with Crippen molar-refractivity contribution in [2.75, 3.05) is 0 Å². The Morgan fingerprint density at radius 2 is 1.93 bits per heavy atom. The van der Waals surface area contributed by atoms with Gasteiger partial charge >= 0.3 is 0 Å². The molecule has 2 N–H and O–H groups in total. The summed E-state index contributed by atoms with van der Waals surface area (Å²) >= 11 is 1.81. The second-order valence-corrected chi connectivity index (χ2v) is 5.19. The van der Waals surface area contributed by atoms with Crippen molar-refractivity contribution in [1.29, 1.82) is 0 Å². The van der Waals surface area contributed by atoms with Gasteiger partial charge in [-0.15, -0.1) is 11.3 Å². The molecule has 14 heavy (non-hydrogen) atoms. The summed E-state index contributed by atoms with van der Waals surface area (Å²) in [6.45, 7) is 8.05. The molecule has 1 aromatic rings. The minimum atomic E-state index is -0.307. The number of aryl methyl sites for hydroxylation is 1. The van der Waals surface area contributed by atoms with Crippen LogP contribution in [0.1, 0.15) is 36.6 Å². The molecule has 80 valence electrons. The minimum absolute atomic E-state index is 0.132. The van der Waals surface area contributed by atoms with Crippen molar-refractivity contribution in [2.24, 2.45) is 0 Å². The molecule has 0 aliphatic heterocycles. The standard InChI is InChI=1S/C11H19NOS/c1-7-5-6-11(14-7)9(3)12-8(2)10(4)13/h5-6,8-10,12-13H,1-4H3. The maximum Gasteiger partial charge on any atom is 0.0662 e. The van der Waals surface area contributed by atoms with E-state index >= 15 is 0 Å². The molecule has 0 fully saturated rings. The Bertz CT molecular complexity index is 283. The van der Waals surface area contributed by atoms with Crippen LogP contribution in [-0.4, -0.2) is 17.3 Å². The first-order chi connectivity index (χ1) is 6.50. The predicted molar refractivity (Wildman–Crippen MR) is 61.7 cm³/mol. The van der Waals surface area contributed by atoms with E-state index in [1.807, 2.05) is 13.8 Å². The van der Waals surface area contributed by atoms with Gasteiger partial charge in [0, 0.05) is 21.8 Å². The van der Waals surface area contributed by atoms with Crippen molar-refractivity contribution in [3.05, 3.63) is 21.9 Å². The van der Waals surface area contributed by atoms with E-state index in [0.717, 1.165) is 0 Å². The van der Waals surface area contributed by atoms with Crippen LogP contribution in [0.3, 0.4) is 0 Å². The second-order valence-electron chi connectivity index (χ2n) is 3.87. The van der Waals surface area contributed by atoms with Gasteiger partial charge in [0.25, 0.3) is 0 Å². The Balaban J connectivity index is 2.54. The van der Waals surface area contributed by atoms with E-state index < -0.39 is 0 Å². The van der Waals surface area contributed by atoms with Crippen LogP contribution in [0.2, 0.25) is 0 Å². The molecule has 2 nitrogen and oxygen atoms in total. The maximum atomic E-state index is 9.36. The van der Waals surface area contributed by atoms with Gasteiger partial charge in [-0.25, -0.2) is 0 Å². The molecule has 0 saturated heterocycles. The zero-order valence-corrected chi connectivity index (χ0v) is 10.1. The van der Waals surface area contributed by atoms with Gasteiger partial charge in [0.2, 0.25) is 0 Å². The van der Waals surface area contributed by atoms with Crippen molar-refractivity contribution in [3.63, 3.8) is 0 Å². The number of rotatable bonds is 4. The molecule has 3 atom stereocenters. The van der Waals surface area contributed by atoms with E-state index in [-0.39, 0.29) is 12.1 Å². The number of aliphatic hydroxyl groups is 1. The lowest BCUT2D eigenvalue weighted by Gasteiger charge is -2.21. The molecule has 0 radical (unpaired) electrons. The summed E-state index contributed by atoms with van der Waals surface area (Å²) in [4.78, 5) is 2.66. The monoisotopic (exact) mass is 213 g/mol. The summed E-state index contributed by atoms with van der Waals surface area (Å²) in [7, 11) is 0. The average molecular weight is 213 g/mol. The first-order valence-electron chi connectivity index (χ1n) is 5.01. The molecule has 0 aliphatic carbocycles. The van der Waals surface area contributed by atoms with Crippen LogP contribution < -0.4 is 5.32 Å². The Morgan fingerprint density at radius 1 is 1.29 bits per heavy atom. The molecule has 0 saturated carbocycles. The van der Waals surface area contributed by atoms with Crippen molar-refractivity contribution in [3.8, 4) is 0 Å². The molecular weight excluding hydrogens is 194 g/mol. The van der Waals surface area contributed by atoms with E-state index in [1.165, 1.54) is 9.75 Å². The summed E-state index contributed by atoms with van der Waals surface area (Å²) in [5, 5.41) is 12.7. The van der Waals surface area contributed by atoms with E-state index in [0.29, 0.717) is 6.04 Å². The van der Waals surface area contributed by atoms with E-state index in [2.05, 4.69) is 31.3 Å². The fourth-order valence-corrected chi connectivity index (χ4v) is 2.19. The average Bonchev–Trinajstić information content (AvgIpc) is 2.51. The number of aliphatic hydroxyl groups excluding tert-OH is 1. The quantitative estimate of drug-likeness (QED) is 0.805. The van der Waals surface area contributed by atoms with Crippen molar-refractivity contribution < 1.29 is 5.11 Å². The van der Waals surface area contributed by atoms with Gasteiger partial charge < -0.3 is 10.4 Å². The second kappa shape index (κ2) is 4.91. The van der Waals surface area contributed by atoms with Gasteiger partial charge in [0.15, 0.2) is 0 Å². The molecule has 0 aliphatic rings. The SMILES string of the molecule is Cc1ccc(C(C)NC(C)C(C)O)s1. The third kappa shape index (κ3) is 3.08. The number of hydrogen-bond acceptors (Lipinski definition) is 3. The summed E-state index contributed by atoms with van der Waals surface area (Å²) in [6, 6.07) is 4.73. The van der Waals surface area contributed by atoms with Gasteiger partial charge in [0.05, 0.1) is 6.10 Å². The molecule has 0 aromatic carbocycles. The third-order valence-electron chi connectivity index (χ3n) is 2.42. The lowest BCUT2D eigenvalue weighted by Crippen LogP contribution is -2.36. The summed E-state index contributed by atoms with van der Waals surface area (Å²) in [5.74, 6) is 0. The largest absolute Gasteiger partial charge is 0.392 e. The highest BCUT2D eigenvalue weighted by Crippen LogP contribution is 2.22. The fraction of sp³-hybridized carbons (Fsp3) is 0.636. The normalized spacial score (nSPS) is 17.8. The molecule has 3 unspecified atom stereocenters. The van der Waals surface area contributed by atoms with Crippen LogP contribution in [0, 0.1) is 6.92 Å². The molecule has 1 heterocycles. The van der Waals surface area contributed by atoms with Gasteiger partial charge in [-0.05, 0) is 39.8 Å². The summed E-state index contributed by atoms with van der Waals surface area (Å²) in [5.41, 5.74) is 0. The van der Waals surface area contributed by atoms with Crippen molar-refractivity contribution >= 4 is 11.3 Å². The Hall–Kier alpha value is -0.380. The van der Waals surface area contributed by atoms with Crippen LogP contribution in [0.4, 0.5) is 0 Å². The zero-order valence-electron chi connectivity index (χ0n) is 9.24. The molecular formula is C11H19NOS. The zero-order chi connectivity index (χ0) is 10.7. The third-order valence-corrected chi connectivity index (χ3v) is 3.61. The lowest BCUT2D eigenvalue weighted by atomic mass is 10.1. The van der Waals surface area contributed by atoms with Crippen molar-refractivity contribution in [1.82, 2.24) is 5.32 Å². The highest BCUT2D eigenvalue weighted by Gasteiger charge is 2.13. The molecule has 1 rings (SSSR count). The topological polar surface area (TPSA) is 32.3 Å². The van der Waals surface area contributed by atoms with E-state index in [4.69, 9.17) is 0 Å². The molecule has 0 bridgehead atoms. The Morgan fingerprint density at radius 3 is 2.36 bits per heavy atom. The van der Waals surface area contributed by atoms with Crippen LogP contribution >= 0.6 is 11.3 Å². The first kappa shape index (κ1) is 11.7. The van der Waals surface area contributed by atoms with Crippen LogP contribution in [0.15, 0.2) is 12.1 Å². The number of thiophene rings is 1. The molecule has 0 spiro atoms. The summed E-state index contributed by atoms with van der Waals surface area (Å²) < 4.78 is 0. The molecule has 1 aromatic heterocycles.